The van der Waals surface area contributed by atoms with Crippen molar-refractivity contribution in [3.8, 4) is 0 Å². The zero-order chi connectivity index (χ0) is 13.6. The second kappa shape index (κ2) is 4.37. The summed E-state index contributed by atoms with van der Waals surface area (Å²) in [5, 5.41) is -4.09. The molecule has 0 aliphatic heterocycles. The van der Waals surface area contributed by atoms with E-state index in [0.29, 0.717) is 0 Å². The molecular formula is C7Cl3F6N. The minimum absolute atomic E-state index is 1.24. The van der Waals surface area contributed by atoms with E-state index in [4.69, 9.17) is 34.8 Å². The molecule has 1 nitrogen and oxygen atoms in total. The summed E-state index contributed by atoms with van der Waals surface area (Å²) in [4.78, 5) is 2.77. The summed E-state index contributed by atoms with van der Waals surface area (Å²) in [6, 6.07) is 0. The molecule has 0 unspecified atom stereocenters. The Balaban J connectivity index is 3.67. The van der Waals surface area contributed by atoms with Crippen molar-refractivity contribution in [1.82, 2.24) is 4.98 Å². The third-order valence-corrected chi connectivity index (χ3v) is 2.54. The highest BCUT2D eigenvalue weighted by atomic mass is 35.5. The number of hydrogen-bond acceptors (Lipinski definition) is 1. The summed E-state index contributed by atoms with van der Waals surface area (Å²) in [7, 11) is 0. The summed E-state index contributed by atoms with van der Waals surface area (Å²) in [5.74, 6) is 0. The molecule has 1 aromatic rings. The second-order valence-corrected chi connectivity index (χ2v) is 3.85. The average Bonchev–Trinajstić information content (AvgIpc) is 1.94. The van der Waals surface area contributed by atoms with Crippen LogP contribution in [0, 0.1) is 0 Å². The normalized spacial score (nSPS) is 13.0. The third-order valence-electron chi connectivity index (χ3n) is 1.61. The Labute approximate surface area is 105 Å². The van der Waals surface area contributed by atoms with Gasteiger partial charge in [-0.25, -0.2) is 4.98 Å². The Morgan fingerprint density at radius 1 is 0.706 bits per heavy atom. The van der Waals surface area contributed by atoms with E-state index < -0.39 is 38.8 Å². The van der Waals surface area contributed by atoms with Crippen LogP contribution in [0.25, 0.3) is 0 Å². The van der Waals surface area contributed by atoms with Gasteiger partial charge in [0.15, 0.2) is 0 Å². The first-order chi connectivity index (χ1) is 7.46. The van der Waals surface area contributed by atoms with Crippen LogP contribution in [-0.4, -0.2) is 4.98 Å². The molecule has 0 bridgehead atoms. The van der Waals surface area contributed by atoms with Crippen LogP contribution in [-0.2, 0) is 12.4 Å². The van der Waals surface area contributed by atoms with Gasteiger partial charge in [-0.1, -0.05) is 34.8 Å². The minimum atomic E-state index is -5.16. The zero-order valence-electron chi connectivity index (χ0n) is 7.35. The molecule has 0 radical (unpaired) electrons. The number of halogens is 9. The van der Waals surface area contributed by atoms with E-state index >= 15 is 0 Å². The van der Waals surface area contributed by atoms with Crippen molar-refractivity contribution in [2.24, 2.45) is 0 Å². The monoisotopic (exact) mass is 317 g/mol. The molecule has 17 heavy (non-hydrogen) atoms. The summed E-state index contributed by atoms with van der Waals surface area (Å²) >= 11 is 15.2. The summed E-state index contributed by atoms with van der Waals surface area (Å²) in [6.45, 7) is 0. The van der Waals surface area contributed by atoms with Crippen molar-refractivity contribution in [2.75, 3.05) is 0 Å². The van der Waals surface area contributed by atoms with Gasteiger partial charge in [0.05, 0.1) is 5.02 Å². The lowest BCUT2D eigenvalue weighted by Crippen LogP contribution is -2.15. The smallest absolute Gasteiger partial charge is 0.223 e. The van der Waals surface area contributed by atoms with Gasteiger partial charge < -0.3 is 0 Å². The van der Waals surface area contributed by atoms with Crippen molar-refractivity contribution < 1.29 is 26.3 Å². The number of rotatable bonds is 0. The van der Waals surface area contributed by atoms with E-state index in [1.165, 1.54) is 0 Å². The van der Waals surface area contributed by atoms with E-state index in [-0.39, 0.29) is 0 Å². The van der Waals surface area contributed by atoms with Crippen molar-refractivity contribution in [2.45, 2.75) is 12.4 Å². The molecule has 1 aromatic heterocycles. The Kier molecular flexibility index (Phi) is 3.76. The topological polar surface area (TPSA) is 12.9 Å². The van der Waals surface area contributed by atoms with Crippen molar-refractivity contribution >= 4 is 34.8 Å². The highest BCUT2D eigenvalue weighted by Gasteiger charge is 2.44. The van der Waals surface area contributed by atoms with Crippen LogP contribution in [0.4, 0.5) is 26.3 Å². The van der Waals surface area contributed by atoms with Gasteiger partial charge in [0.2, 0.25) is 0 Å². The van der Waals surface area contributed by atoms with E-state index in [0.717, 1.165) is 0 Å². The minimum Gasteiger partial charge on any atom is -0.223 e. The molecule has 0 spiro atoms. The molecule has 0 atom stereocenters. The fraction of sp³-hybridized carbons (Fsp3) is 0.286. The molecule has 0 N–H and O–H groups in total. The van der Waals surface area contributed by atoms with Crippen molar-refractivity contribution in [3.63, 3.8) is 0 Å². The molecular weight excluding hydrogens is 318 g/mol. The molecule has 0 aromatic carbocycles. The van der Waals surface area contributed by atoms with E-state index in [9.17, 15) is 26.3 Å². The van der Waals surface area contributed by atoms with E-state index in [1.54, 1.807) is 0 Å². The number of nitrogens with zero attached hydrogens (tertiary/aromatic N) is 1. The van der Waals surface area contributed by atoms with Gasteiger partial charge in [-0.2, -0.15) is 26.3 Å². The standard InChI is InChI=1S/C7Cl3F6N/c8-3-1(6(11,12)13)4(9)17-5(10)2(3)7(14,15)16. The molecule has 0 saturated heterocycles. The molecule has 0 saturated carbocycles. The second-order valence-electron chi connectivity index (χ2n) is 2.75. The molecule has 0 aliphatic carbocycles. The Hall–Kier alpha value is -0.400. The first-order valence-electron chi connectivity index (χ1n) is 3.65. The van der Waals surface area contributed by atoms with Crippen molar-refractivity contribution in [1.29, 1.82) is 0 Å². The Bertz CT molecular complexity index is 414. The van der Waals surface area contributed by atoms with Gasteiger partial charge >= 0.3 is 12.4 Å². The van der Waals surface area contributed by atoms with Crippen LogP contribution in [0.2, 0.25) is 15.3 Å². The van der Waals surface area contributed by atoms with Gasteiger partial charge in [-0.05, 0) is 0 Å². The molecule has 1 rings (SSSR count). The summed E-state index contributed by atoms with van der Waals surface area (Å²) in [6.07, 6.45) is -10.3. The fourth-order valence-corrected chi connectivity index (χ4v) is 2.09. The number of alkyl halides is 6. The number of pyridine rings is 1. The van der Waals surface area contributed by atoms with E-state index in [2.05, 4.69) is 4.98 Å². The Morgan fingerprint density at radius 2 is 1.00 bits per heavy atom. The van der Waals surface area contributed by atoms with Gasteiger partial charge in [0.25, 0.3) is 0 Å². The largest absolute Gasteiger partial charge is 0.420 e. The molecule has 0 amide bonds. The fourth-order valence-electron chi connectivity index (χ4n) is 0.987. The maximum atomic E-state index is 12.4. The van der Waals surface area contributed by atoms with Crippen LogP contribution < -0.4 is 0 Å². The molecule has 0 aliphatic rings. The highest BCUT2D eigenvalue weighted by molar-refractivity contribution is 6.39. The van der Waals surface area contributed by atoms with Crippen LogP contribution in [0.1, 0.15) is 11.1 Å². The lowest BCUT2D eigenvalue weighted by molar-refractivity contribution is -0.143. The van der Waals surface area contributed by atoms with Crippen LogP contribution in [0.3, 0.4) is 0 Å². The molecule has 96 valence electrons. The quantitative estimate of drug-likeness (QED) is 0.480. The SMILES string of the molecule is FC(F)(F)c1c(Cl)nc(Cl)c(C(F)(F)F)c1Cl. The number of hydrogen-bond donors (Lipinski definition) is 0. The molecule has 10 heteroatoms. The highest BCUT2D eigenvalue weighted by Crippen LogP contribution is 2.46. The number of aromatic nitrogens is 1. The lowest BCUT2D eigenvalue weighted by Gasteiger charge is -2.16. The van der Waals surface area contributed by atoms with Crippen LogP contribution in [0.5, 0.6) is 0 Å². The predicted molar refractivity (Wildman–Crippen MR) is 49.3 cm³/mol. The third kappa shape index (κ3) is 2.89. The lowest BCUT2D eigenvalue weighted by atomic mass is 10.2. The zero-order valence-corrected chi connectivity index (χ0v) is 9.62. The summed E-state index contributed by atoms with van der Waals surface area (Å²) in [5.41, 5.74) is -3.73. The first kappa shape index (κ1) is 14.7. The van der Waals surface area contributed by atoms with Gasteiger partial charge in [0.1, 0.15) is 21.4 Å². The van der Waals surface area contributed by atoms with Crippen LogP contribution in [0.15, 0.2) is 0 Å². The van der Waals surface area contributed by atoms with Gasteiger partial charge in [0, 0.05) is 0 Å². The van der Waals surface area contributed by atoms with E-state index in [1.807, 2.05) is 0 Å². The maximum absolute atomic E-state index is 12.4. The molecule has 0 fully saturated rings. The van der Waals surface area contributed by atoms with Crippen LogP contribution >= 0.6 is 34.8 Å². The maximum Gasteiger partial charge on any atom is 0.420 e. The molecule has 1 heterocycles. The van der Waals surface area contributed by atoms with Gasteiger partial charge in [-0.15, -0.1) is 0 Å². The van der Waals surface area contributed by atoms with Crippen molar-refractivity contribution in [3.05, 3.63) is 26.5 Å². The average molecular weight is 318 g/mol. The first-order valence-corrected chi connectivity index (χ1v) is 4.78. The Morgan fingerprint density at radius 3 is 1.24 bits per heavy atom. The summed E-state index contributed by atoms with van der Waals surface area (Å²) < 4.78 is 74.3. The van der Waals surface area contributed by atoms with Gasteiger partial charge in [-0.3, -0.25) is 0 Å². The predicted octanol–water partition coefficient (Wildman–Crippen LogP) is 5.08.